The highest BCUT2D eigenvalue weighted by atomic mass is 19.3. The van der Waals surface area contributed by atoms with Crippen LogP contribution in [-0.4, -0.2) is 24.5 Å². The summed E-state index contributed by atoms with van der Waals surface area (Å²) in [5.41, 5.74) is -7.71. The number of hydrogen-bond donors (Lipinski definition) is 1. The molecule has 1 N–H and O–H groups in total. The highest BCUT2D eigenvalue weighted by Crippen LogP contribution is 2.52. The van der Waals surface area contributed by atoms with E-state index in [0.717, 1.165) is 6.92 Å². The van der Waals surface area contributed by atoms with E-state index >= 15 is 8.78 Å². The van der Waals surface area contributed by atoms with E-state index in [1.807, 2.05) is 5.32 Å². The number of carbonyl (C=O) groups excluding carboxylic acids is 1. The minimum atomic E-state index is -5.26. The van der Waals surface area contributed by atoms with Crippen molar-refractivity contribution in [2.75, 3.05) is 0 Å². The van der Waals surface area contributed by atoms with Gasteiger partial charge in [0.05, 0.1) is 11.7 Å². The Bertz CT molecular complexity index is 1500. The van der Waals surface area contributed by atoms with Crippen LogP contribution in [0.2, 0.25) is 0 Å². The molecule has 234 valence electrons. The number of ether oxygens (including phenoxy) is 2. The van der Waals surface area contributed by atoms with Crippen molar-refractivity contribution in [1.29, 1.82) is 0 Å². The third kappa shape index (κ3) is 6.49. The van der Waals surface area contributed by atoms with Crippen LogP contribution in [0.5, 0.6) is 11.5 Å². The highest BCUT2D eigenvalue weighted by molar-refractivity contribution is 5.78. The molecule has 0 aromatic heterocycles. The Labute approximate surface area is 237 Å². The maximum atomic E-state index is 16.8. The lowest BCUT2D eigenvalue weighted by Crippen LogP contribution is -2.57. The molecule has 0 spiro atoms. The molecule has 1 amide bonds. The Balaban J connectivity index is 2.53. The van der Waals surface area contributed by atoms with Crippen LogP contribution in [0.25, 0.3) is 0 Å². The van der Waals surface area contributed by atoms with Gasteiger partial charge in [-0.05, 0) is 61.4 Å². The maximum absolute atomic E-state index is 16.8. The van der Waals surface area contributed by atoms with Gasteiger partial charge >= 0.3 is 18.5 Å². The molecule has 0 bridgehead atoms. The first-order valence-electron chi connectivity index (χ1n) is 12.3. The first-order valence-corrected chi connectivity index (χ1v) is 12.3. The molecule has 43 heavy (non-hydrogen) atoms. The molecule has 0 aliphatic heterocycles. The minimum Gasteiger partial charge on any atom is -0.488 e. The quantitative estimate of drug-likeness (QED) is 0.173. The van der Waals surface area contributed by atoms with Crippen LogP contribution < -0.4 is 14.8 Å². The van der Waals surface area contributed by atoms with Crippen molar-refractivity contribution in [2.45, 2.75) is 57.3 Å². The molecule has 3 rings (SSSR count). The summed E-state index contributed by atoms with van der Waals surface area (Å²) in [6, 6.07) is 2.58. The molecule has 0 aliphatic carbocycles. The lowest BCUT2D eigenvalue weighted by molar-refractivity contribution is -0.253. The first-order chi connectivity index (χ1) is 19.9. The summed E-state index contributed by atoms with van der Waals surface area (Å²) in [6.45, 7) is 4.00. The molecule has 0 aliphatic rings. The van der Waals surface area contributed by atoms with Gasteiger partial charge in [-0.3, -0.25) is 4.79 Å². The van der Waals surface area contributed by atoms with E-state index in [-0.39, 0.29) is 30.3 Å². The van der Waals surface area contributed by atoms with Crippen LogP contribution in [0.15, 0.2) is 48.5 Å². The topological polar surface area (TPSA) is 47.6 Å². The monoisotopic (exact) mass is 629 g/mol. The minimum absolute atomic E-state index is 0.108. The number of halogens is 11. The molecule has 15 heteroatoms. The molecule has 3 aromatic carbocycles. The molecule has 0 saturated heterocycles. The predicted molar refractivity (Wildman–Crippen MR) is 130 cm³/mol. The van der Waals surface area contributed by atoms with Crippen molar-refractivity contribution in [2.24, 2.45) is 0 Å². The van der Waals surface area contributed by atoms with Gasteiger partial charge in [-0.25, -0.2) is 22.0 Å². The summed E-state index contributed by atoms with van der Waals surface area (Å²) in [5.74, 6) is -17.9. The van der Waals surface area contributed by atoms with Crippen molar-refractivity contribution in [3.63, 3.8) is 0 Å². The van der Waals surface area contributed by atoms with E-state index in [2.05, 4.69) is 4.74 Å². The number of carbonyl (C=O) groups is 1. The van der Waals surface area contributed by atoms with Crippen LogP contribution >= 0.6 is 0 Å². The Kier molecular flexibility index (Phi) is 9.56. The lowest BCUT2D eigenvalue weighted by Gasteiger charge is -2.42. The van der Waals surface area contributed by atoms with Gasteiger partial charge in [0, 0.05) is 12.5 Å². The smallest absolute Gasteiger partial charge is 0.461 e. The third-order valence-electron chi connectivity index (χ3n) is 6.03. The van der Waals surface area contributed by atoms with E-state index in [4.69, 9.17) is 4.74 Å². The zero-order valence-corrected chi connectivity index (χ0v) is 22.4. The zero-order chi connectivity index (χ0) is 32.5. The number of hydrogen-bond acceptors (Lipinski definition) is 3. The standard InChI is InChI=1S/C28H22F11NO3/c1-4-22(41)40-26(14-5-7-19(30)21(11-14)42-13(2)3,27(36,37)18-6-8-20(31)24(33)23(18)32)15-9-16(29)12-17(10-15)43-28(38,39)25(34)35/h5-13,25H,4H2,1-3H3,(H,40,41)/t26-/m0/s1. The summed E-state index contributed by atoms with van der Waals surface area (Å²) in [4.78, 5) is 12.8. The van der Waals surface area contributed by atoms with Crippen LogP contribution in [-0.2, 0) is 16.3 Å². The molecule has 0 radical (unpaired) electrons. The number of rotatable bonds is 11. The summed E-state index contributed by atoms with van der Waals surface area (Å²) < 4.78 is 168. The van der Waals surface area contributed by atoms with Crippen molar-refractivity contribution in [1.82, 2.24) is 5.32 Å². The molecule has 0 heterocycles. The highest BCUT2D eigenvalue weighted by Gasteiger charge is 2.60. The average Bonchev–Trinajstić information content (AvgIpc) is 2.90. The van der Waals surface area contributed by atoms with Gasteiger partial charge in [-0.1, -0.05) is 13.0 Å². The Morgan fingerprint density at radius 3 is 2.05 bits per heavy atom. The Morgan fingerprint density at radius 2 is 1.47 bits per heavy atom. The Morgan fingerprint density at radius 1 is 0.837 bits per heavy atom. The van der Waals surface area contributed by atoms with E-state index in [1.165, 1.54) is 13.8 Å². The summed E-state index contributed by atoms with van der Waals surface area (Å²) in [5, 5.41) is 1.85. The maximum Gasteiger partial charge on any atom is 0.461 e. The van der Waals surface area contributed by atoms with Crippen molar-refractivity contribution in [3.8, 4) is 11.5 Å². The fourth-order valence-electron chi connectivity index (χ4n) is 4.14. The molecule has 0 saturated carbocycles. The zero-order valence-electron chi connectivity index (χ0n) is 22.4. The van der Waals surface area contributed by atoms with E-state index in [0.29, 0.717) is 18.2 Å². The lowest BCUT2D eigenvalue weighted by atomic mass is 9.74. The van der Waals surface area contributed by atoms with Gasteiger partial charge in [0.1, 0.15) is 11.6 Å². The molecule has 4 nitrogen and oxygen atoms in total. The van der Waals surface area contributed by atoms with Crippen LogP contribution in [0.3, 0.4) is 0 Å². The number of amides is 1. The van der Waals surface area contributed by atoms with Crippen LogP contribution in [0.1, 0.15) is 43.9 Å². The van der Waals surface area contributed by atoms with Crippen molar-refractivity contribution in [3.05, 3.63) is 94.3 Å². The van der Waals surface area contributed by atoms with Crippen molar-refractivity contribution >= 4 is 5.91 Å². The van der Waals surface area contributed by atoms with Gasteiger partial charge in [0.2, 0.25) is 5.91 Å². The van der Waals surface area contributed by atoms with Gasteiger partial charge in [-0.15, -0.1) is 0 Å². The van der Waals surface area contributed by atoms with E-state index < -0.39 is 99.7 Å². The molecular formula is C28H22F11NO3. The van der Waals surface area contributed by atoms with Gasteiger partial charge in [0.15, 0.2) is 34.6 Å². The van der Waals surface area contributed by atoms with E-state index in [1.54, 1.807) is 0 Å². The van der Waals surface area contributed by atoms with Crippen LogP contribution in [0, 0.1) is 29.1 Å². The first kappa shape index (κ1) is 33.5. The Hall–Kier alpha value is -4.04. The number of benzene rings is 3. The summed E-state index contributed by atoms with van der Waals surface area (Å²) in [6.07, 6.45) is -11.1. The average molecular weight is 629 g/mol. The summed E-state index contributed by atoms with van der Waals surface area (Å²) >= 11 is 0. The van der Waals surface area contributed by atoms with Crippen molar-refractivity contribution < 1.29 is 62.6 Å². The second-order valence-corrected chi connectivity index (χ2v) is 9.40. The molecule has 1 atom stereocenters. The molecule has 0 unspecified atom stereocenters. The van der Waals surface area contributed by atoms with Crippen LogP contribution in [0.4, 0.5) is 48.3 Å². The molecule has 0 fully saturated rings. The second kappa shape index (κ2) is 12.3. The normalized spacial score (nSPS) is 13.7. The third-order valence-corrected chi connectivity index (χ3v) is 6.03. The SMILES string of the molecule is CCC(=O)N[C@](c1cc(F)cc(OC(F)(F)C(F)F)c1)(c1ccc(F)c(OC(C)C)c1)C(F)(F)c1ccc(F)c(F)c1F. The largest absolute Gasteiger partial charge is 0.488 e. The summed E-state index contributed by atoms with van der Waals surface area (Å²) in [7, 11) is 0. The molecular weight excluding hydrogens is 607 g/mol. The molecule has 3 aromatic rings. The number of alkyl halides is 6. The second-order valence-electron chi connectivity index (χ2n) is 9.40. The van der Waals surface area contributed by atoms with E-state index in [9.17, 15) is 44.3 Å². The fourth-order valence-corrected chi connectivity index (χ4v) is 4.14. The number of nitrogens with one attached hydrogen (secondary N) is 1. The van der Waals surface area contributed by atoms with Gasteiger partial charge < -0.3 is 14.8 Å². The predicted octanol–water partition coefficient (Wildman–Crippen LogP) is 7.97. The van der Waals surface area contributed by atoms with Gasteiger partial charge in [-0.2, -0.15) is 26.3 Å². The van der Waals surface area contributed by atoms with Gasteiger partial charge in [0.25, 0.3) is 0 Å². The fraction of sp³-hybridized carbons (Fsp3) is 0.321.